The fraction of sp³-hybridized carbons (Fsp3) is 0.625. The molecule has 1 aromatic rings. The van der Waals surface area contributed by atoms with Gasteiger partial charge in [0.2, 0.25) is 0 Å². The van der Waals surface area contributed by atoms with Crippen molar-refractivity contribution in [2.24, 2.45) is 0 Å². The summed E-state index contributed by atoms with van der Waals surface area (Å²) >= 11 is 0. The molecule has 0 N–H and O–H groups in total. The summed E-state index contributed by atoms with van der Waals surface area (Å²) in [5, 5.41) is 0. The number of rotatable bonds is 4. The van der Waals surface area contributed by atoms with Gasteiger partial charge in [-0.25, -0.2) is 0 Å². The molecule has 3 aliphatic rings. The smallest absolute Gasteiger partial charge is 0.186 e. The maximum absolute atomic E-state index is 5.89. The molecule has 114 valence electrons. The van der Waals surface area contributed by atoms with Gasteiger partial charge in [0, 0.05) is 13.1 Å². The van der Waals surface area contributed by atoms with Crippen molar-refractivity contribution in [1.82, 2.24) is 4.90 Å². The van der Waals surface area contributed by atoms with Crippen LogP contribution in [0.15, 0.2) is 30.3 Å². The fourth-order valence-electron chi connectivity index (χ4n) is 3.17. The summed E-state index contributed by atoms with van der Waals surface area (Å²) in [6, 6.07) is 10.5. The van der Waals surface area contributed by atoms with E-state index in [0.717, 1.165) is 31.9 Å². The van der Waals surface area contributed by atoms with Gasteiger partial charge in [-0.15, -0.1) is 0 Å². The average Bonchev–Trinajstić information content (AvgIpc) is 3.35. The van der Waals surface area contributed by atoms with Crippen molar-refractivity contribution in [3.8, 4) is 0 Å². The van der Waals surface area contributed by atoms with Gasteiger partial charge in [0.1, 0.15) is 12.2 Å². The Morgan fingerprint density at radius 2 is 1.90 bits per heavy atom. The average molecular weight is 291 g/mol. The standard InChI is InChI=1S/C16H21NO4/c1-2-4-12(5-3-1)10-19-16-15-14(21-15)13(11-20-16)17-6-8-18-9-7-17/h1-5,13-16H,6-11H2/t13-,14+,15+,16+/m1/s1. The van der Waals surface area contributed by atoms with Crippen molar-refractivity contribution < 1.29 is 18.9 Å². The van der Waals surface area contributed by atoms with Crippen LogP contribution in [0.5, 0.6) is 0 Å². The summed E-state index contributed by atoms with van der Waals surface area (Å²) in [5.41, 5.74) is 1.16. The monoisotopic (exact) mass is 291 g/mol. The largest absolute Gasteiger partial charge is 0.379 e. The number of benzene rings is 1. The lowest BCUT2D eigenvalue weighted by atomic mass is 10.1. The van der Waals surface area contributed by atoms with E-state index in [-0.39, 0.29) is 18.5 Å². The predicted octanol–water partition coefficient (Wildman–Crippen LogP) is 1.03. The topological polar surface area (TPSA) is 43.5 Å². The maximum atomic E-state index is 5.89. The van der Waals surface area contributed by atoms with Crippen LogP contribution in [0.3, 0.4) is 0 Å². The summed E-state index contributed by atoms with van der Waals surface area (Å²) in [6.45, 7) is 4.80. The van der Waals surface area contributed by atoms with E-state index in [1.54, 1.807) is 0 Å². The molecule has 0 amide bonds. The Bertz CT molecular complexity index is 463. The van der Waals surface area contributed by atoms with Crippen LogP contribution in [-0.4, -0.2) is 62.3 Å². The molecule has 21 heavy (non-hydrogen) atoms. The second kappa shape index (κ2) is 6.02. The van der Waals surface area contributed by atoms with Crippen LogP contribution in [0.25, 0.3) is 0 Å². The molecule has 3 heterocycles. The quantitative estimate of drug-likeness (QED) is 0.775. The summed E-state index contributed by atoms with van der Waals surface area (Å²) < 4.78 is 23.0. The van der Waals surface area contributed by atoms with E-state index in [0.29, 0.717) is 19.3 Å². The number of ether oxygens (including phenoxy) is 4. The molecule has 5 heteroatoms. The minimum absolute atomic E-state index is 0.0929. The van der Waals surface area contributed by atoms with Gasteiger partial charge in [-0.3, -0.25) is 4.90 Å². The number of fused-ring (bicyclic) bond motifs is 1. The molecule has 4 rings (SSSR count). The lowest BCUT2D eigenvalue weighted by Gasteiger charge is -2.36. The van der Waals surface area contributed by atoms with Crippen LogP contribution in [0, 0.1) is 0 Å². The first-order chi connectivity index (χ1) is 10.4. The number of hydrogen-bond donors (Lipinski definition) is 0. The first-order valence-electron chi connectivity index (χ1n) is 7.66. The van der Waals surface area contributed by atoms with Crippen LogP contribution < -0.4 is 0 Å². The minimum Gasteiger partial charge on any atom is -0.379 e. The van der Waals surface area contributed by atoms with E-state index >= 15 is 0 Å². The van der Waals surface area contributed by atoms with Gasteiger partial charge in [0.25, 0.3) is 0 Å². The first kappa shape index (κ1) is 13.7. The van der Waals surface area contributed by atoms with Gasteiger partial charge in [0.05, 0.1) is 32.5 Å². The van der Waals surface area contributed by atoms with Gasteiger partial charge in [-0.05, 0) is 5.56 Å². The third-order valence-corrected chi connectivity index (χ3v) is 4.41. The predicted molar refractivity (Wildman–Crippen MR) is 75.8 cm³/mol. The molecular formula is C16H21NO4. The number of hydrogen-bond acceptors (Lipinski definition) is 5. The van der Waals surface area contributed by atoms with E-state index in [1.807, 2.05) is 18.2 Å². The Balaban J connectivity index is 1.29. The van der Waals surface area contributed by atoms with Crippen LogP contribution in [-0.2, 0) is 25.6 Å². The summed E-state index contributed by atoms with van der Waals surface area (Å²) in [7, 11) is 0. The molecule has 0 radical (unpaired) electrons. The molecule has 0 spiro atoms. The van der Waals surface area contributed by atoms with Gasteiger partial charge in [-0.2, -0.15) is 0 Å². The number of nitrogens with zero attached hydrogens (tertiary/aromatic N) is 1. The Morgan fingerprint density at radius 3 is 2.71 bits per heavy atom. The second-order valence-electron chi connectivity index (χ2n) is 5.78. The van der Waals surface area contributed by atoms with Crippen LogP contribution in [0.2, 0.25) is 0 Å². The SMILES string of the molecule is c1ccc(CO[C@H]2OC[C@@H](N3CCOCC3)[C@@H]3O[C@H]23)cc1. The Hall–Kier alpha value is -0.980. The van der Waals surface area contributed by atoms with E-state index < -0.39 is 0 Å². The highest BCUT2D eigenvalue weighted by atomic mass is 16.7. The zero-order valence-electron chi connectivity index (χ0n) is 12.0. The third kappa shape index (κ3) is 2.98. The van der Waals surface area contributed by atoms with E-state index in [9.17, 15) is 0 Å². The summed E-state index contributed by atoms with van der Waals surface area (Å²) in [6.07, 6.45) is 0.125. The first-order valence-corrected chi connectivity index (χ1v) is 7.66. The van der Waals surface area contributed by atoms with Crippen LogP contribution in [0.4, 0.5) is 0 Å². The molecule has 0 aromatic heterocycles. The van der Waals surface area contributed by atoms with E-state index in [1.165, 1.54) is 0 Å². The van der Waals surface area contributed by atoms with Crippen LogP contribution >= 0.6 is 0 Å². The molecular weight excluding hydrogens is 270 g/mol. The van der Waals surface area contributed by atoms with Gasteiger partial charge >= 0.3 is 0 Å². The minimum atomic E-state index is -0.229. The third-order valence-electron chi connectivity index (χ3n) is 4.41. The lowest BCUT2D eigenvalue weighted by molar-refractivity contribution is -0.178. The van der Waals surface area contributed by atoms with Crippen molar-refractivity contribution in [1.29, 1.82) is 0 Å². The van der Waals surface area contributed by atoms with Gasteiger partial charge in [0.15, 0.2) is 6.29 Å². The molecule has 0 saturated carbocycles. The highest BCUT2D eigenvalue weighted by Gasteiger charge is 2.56. The molecule has 0 unspecified atom stereocenters. The normalized spacial score (nSPS) is 36.2. The Morgan fingerprint density at radius 1 is 1.10 bits per heavy atom. The summed E-state index contributed by atoms with van der Waals surface area (Å²) in [4.78, 5) is 2.42. The molecule has 0 bridgehead atoms. The van der Waals surface area contributed by atoms with Gasteiger partial charge < -0.3 is 18.9 Å². The molecule has 3 fully saturated rings. The summed E-state index contributed by atoms with van der Waals surface area (Å²) in [5.74, 6) is 0. The van der Waals surface area contributed by atoms with Gasteiger partial charge in [-0.1, -0.05) is 30.3 Å². The Kier molecular flexibility index (Phi) is 3.92. The van der Waals surface area contributed by atoms with Crippen LogP contribution in [0.1, 0.15) is 5.56 Å². The van der Waals surface area contributed by atoms with E-state index in [2.05, 4.69) is 17.0 Å². The highest BCUT2D eigenvalue weighted by molar-refractivity contribution is 5.13. The molecule has 5 nitrogen and oxygen atoms in total. The number of morpholine rings is 1. The molecule has 1 aromatic carbocycles. The molecule has 0 aliphatic carbocycles. The fourth-order valence-corrected chi connectivity index (χ4v) is 3.17. The molecule has 4 atom stereocenters. The van der Waals surface area contributed by atoms with Crippen molar-refractivity contribution in [2.45, 2.75) is 31.1 Å². The second-order valence-corrected chi connectivity index (χ2v) is 5.78. The number of epoxide rings is 1. The molecule has 3 saturated heterocycles. The van der Waals surface area contributed by atoms with Crippen molar-refractivity contribution in [3.63, 3.8) is 0 Å². The van der Waals surface area contributed by atoms with Crippen molar-refractivity contribution in [2.75, 3.05) is 32.9 Å². The highest BCUT2D eigenvalue weighted by Crippen LogP contribution is 2.37. The van der Waals surface area contributed by atoms with Crippen molar-refractivity contribution >= 4 is 0 Å². The lowest BCUT2D eigenvalue weighted by Crippen LogP contribution is -2.52. The maximum Gasteiger partial charge on any atom is 0.186 e. The molecule has 3 aliphatic heterocycles. The van der Waals surface area contributed by atoms with E-state index in [4.69, 9.17) is 18.9 Å². The zero-order valence-corrected chi connectivity index (χ0v) is 12.0. The zero-order chi connectivity index (χ0) is 14.1. The Labute approximate surface area is 124 Å². The van der Waals surface area contributed by atoms with Crippen molar-refractivity contribution in [3.05, 3.63) is 35.9 Å².